The van der Waals surface area contributed by atoms with E-state index in [4.69, 9.17) is 4.74 Å². The standard InChI is InChI=1S/C26H35F3N6O3/c1-15-10-17(32-23(36)16(2)34-13-18(14-34)33-24(37)38-25(3,4)5)12-35(11-15)20-7-6-19(26(27,28)29)21-22(20)31-9-8-30-21/h6-9,15-18H,10-14H2,1-5H3,(H,32,36)(H,33,37)/t15-,16?,17+/m0/s1. The normalized spacial score (nSPS) is 22.1. The molecule has 38 heavy (non-hydrogen) atoms. The first kappa shape index (κ1) is 27.9. The number of carbonyl (C=O) groups excluding carboxylic acids is 2. The van der Waals surface area contributed by atoms with Gasteiger partial charge in [0.15, 0.2) is 0 Å². The van der Waals surface area contributed by atoms with E-state index < -0.39 is 29.5 Å². The molecule has 2 fully saturated rings. The Morgan fingerprint density at radius 1 is 1.00 bits per heavy atom. The van der Waals surface area contributed by atoms with Crippen molar-refractivity contribution in [3.63, 3.8) is 0 Å². The summed E-state index contributed by atoms with van der Waals surface area (Å²) in [6, 6.07) is 1.83. The van der Waals surface area contributed by atoms with Crippen LogP contribution in [0, 0.1) is 5.92 Å². The number of fused-ring (bicyclic) bond motifs is 1. The maximum absolute atomic E-state index is 13.5. The number of piperidine rings is 1. The molecule has 2 N–H and O–H groups in total. The van der Waals surface area contributed by atoms with Crippen LogP contribution in [0.1, 0.15) is 46.6 Å². The lowest BCUT2D eigenvalue weighted by atomic mass is 9.94. The Balaban J connectivity index is 1.38. The maximum atomic E-state index is 13.5. The zero-order valence-corrected chi connectivity index (χ0v) is 22.3. The summed E-state index contributed by atoms with van der Waals surface area (Å²) < 4.78 is 45.9. The van der Waals surface area contributed by atoms with E-state index in [0.717, 1.165) is 12.5 Å². The molecule has 0 saturated carbocycles. The third kappa shape index (κ3) is 6.46. The molecule has 3 heterocycles. The van der Waals surface area contributed by atoms with E-state index in [-0.39, 0.29) is 34.9 Å². The first-order valence-electron chi connectivity index (χ1n) is 12.8. The Kier molecular flexibility index (Phi) is 7.74. The number of likely N-dealkylation sites (tertiary alicyclic amines) is 1. The lowest BCUT2D eigenvalue weighted by Gasteiger charge is -2.43. The fraction of sp³-hybridized carbons (Fsp3) is 0.615. The van der Waals surface area contributed by atoms with Gasteiger partial charge in [-0.15, -0.1) is 0 Å². The first-order chi connectivity index (χ1) is 17.7. The molecule has 9 nitrogen and oxygen atoms in total. The largest absolute Gasteiger partial charge is 0.444 e. The number of aromatic nitrogens is 2. The Morgan fingerprint density at radius 3 is 2.29 bits per heavy atom. The predicted molar refractivity (Wildman–Crippen MR) is 137 cm³/mol. The van der Waals surface area contributed by atoms with Crippen LogP contribution in [-0.2, 0) is 15.7 Å². The van der Waals surface area contributed by atoms with Crippen molar-refractivity contribution in [3.8, 4) is 0 Å². The molecule has 1 aromatic heterocycles. The van der Waals surface area contributed by atoms with Crippen LogP contribution in [0.25, 0.3) is 11.0 Å². The van der Waals surface area contributed by atoms with Gasteiger partial charge in [-0.25, -0.2) is 4.79 Å². The fourth-order valence-electron chi connectivity index (χ4n) is 5.06. The molecule has 1 aromatic carbocycles. The number of alkyl halides is 3. The van der Waals surface area contributed by atoms with Crippen molar-refractivity contribution in [2.75, 3.05) is 31.1 Å². The van der Waals surface area contributed by atoms with Gasteiger partial charge in [-0.05, 0) is 52.2 Å². The van der Waals surface area contributed by atoms with Gasteiger partial charge in [0, 0.05) is 44.6 Å². The second kappa shape index (κ2) is 10.5. The maximum Gasteiger partial charge on any atom is 0.418 e. The number of ether oxygens (including phenoxy) is 1. The average molecular weight is 537 g/mol. The number of alkyl carbamates (subject to hydrolysis) is 1. The number of nitrogens with zero attached hydrogens (tertiary/aromatic N) is 4. The summed E-state index contributed by atoms with van der Waals surface area (Å²) in [7, 11) is 0. The molecule has 0 aliphatic carbocycles. The zero-order valence-electron chi connectivity index (χ0n) is 22.3. The minimum atomic E-state index is -4.53. The van der Waals surface area contributed by atoms with Crippen molar-refractivity contribution >= 4 is 28.7 Å². The molecule has 2 aromatic rings. The lowest BCUT2D eigenvalue weighted by molar-refractivity contribution is -0.136. The van der Waals surface area contributed by atoms with Gasteiger partial charge in [0.05, 0.1) is 23.3 Å². The highest BCUT2D eigenvalue weighted by molar-refractivity contribution is 5.91. The molecule has 1 unspecified atom stereocenters. The average Bonchev–Trinajstić information content (AvgIpc) is 2.77. The van der Waals surface area contributed by atoms with Crippen molar-refractivity contribution in [3.05, 3.63) is 30.1 Å². The van der Waals surface area contributed by atoms with E-state index in [2.05, 4.69) is 27.5 Å². The van der Waals surface area contributed by atoms with Crippen LogP contribution in [0.5, 0.6) is 0 Å². The number of rotatable bonds is 5. The highest BCUT2D eigenvalue weighted by atomic mass is 19.4. The number of nitrogens with one attached hydrogen (secondary N) is 2. The number of carbonyl (C=O) groups is 2. The summed E-state index contributed by atoms with van der Waals surface area (Å²) >= 11 is 0. The molecule has 2 amide bonds. The van der Waals surface area contributed by atoms with Gasteiger partial charge in [0.25, 0.3) is 0 Å². The van der Waals surface area contributed by atoms with E-state index >= 15 is 0 Å². The van der Waals surface area contributed by atoms with Gasteiger partial charge in [-0.2, -0.15) is 13.2 Å². The Hall–Kier alpha value is -3.15. The van der Waals surface area contributed by atoms with Crippen molar-refractivity contribution in [1.82, 2.24) is 25.5 Å². The van der Waals surface area contributed by atoms with E-state index in [1.807, 2.05) is 16.7 Å². The second-order valence-electron chi connectivity index (χ2n) is 11.3. The molecule has 208 valence electrons. The topological polar surface area (TPSA) is 99.7 Å². The number of hydrogen-bond donors (Lipinski definition) is 2. The number of anilines is 1. The molecule has 2 aliphatic heterocycles. The molecule has 0 radical (unpaired) electrons. The second-order valence-corrected chi connectivity index (χ2v) is 11.3. The van der Waals surface area contributed by atoms with Gasteiger partial charge >= 0.3 is 12.3 Å². The number of hydrogen-bond acceptors (Lipinski definition) is 7. The minimum absolute atomic E-state index is 0.0839. The smallest absolute Gasteiger partial charge is 0.418 e. The van der Waals surface area contributed by atoms with E-state index in [0.29, 0.717) is 31.9 Å². The molecule has 0 bridgehead atoms. The molecule has 2 aliphatic rings. The van der Waals surface area contributed by atoms with Gasteiger partial charge in [-0.1, -0.05) is 6.92 Å². The summed E-state index contributed by atoms with van der Waals surface area (Å²) in [6.45, 7) is 11.4. The van der Waals surface area contributed by atoms with E-state index in [1.54, 1.807) is 20.8 Å². The van der Waals surface area contributed by atoms with Crippen molar-refractivity contribution in [2.45, 2.75) is 70.9 Å². The summed E-state index contributed by atoms with van der Waals surface area (Å²) in [5.41, 5.74) is -0.817. The van der Waals surface area contributed by atoms with Gasteiger partial charge in [0.2, 0.25) is 5.91 Å². The molecular weight excluding hydrogens is 501 g/mol. The quantitative estimate of drug-likeness (QED) is 0.603. The predicted octanol–water partition coefficient (Wildman–Crippen LogP) is 3.58. The first-order valence-corrected chi connectivity index (χ1v) is 12.8. The minimum Gasteiger partial charge on any atom is -0.444 e. The van der Waals surface area contributed by atoms with Gasteiger partial charge < -0.3 is 20.3 Å². The van der Waals surface area contributed by atoms with Gasteiger partial charge in [-0.3, -0.25) is 19.7 Å². The summed E-state index contributed by atoms with van der Waals surface area (Å²) in [5, 5.41) is 5.93. The lowest BCUT2D eigenvalue weighted by Crippen LogP contribution is -2.65. The van der Waals surface area contributed by atoms with Crippen LogP contribution in [0.2, 0.25) is 0 Å². The molecule has 12 heteroatoms. The monoisotopic (exact) mass is 536 g/mol. The Morgan fingerprint density at radius 2 is 1.66 bits per heavy atom. The van der Waals surface area contributed by atoms with Crippen molar-refractivity contribution < 1.29 is 27.5 Å². The van der Waals surface area contributed by atoms with Crippen LogP contribution < -0.4 is 15.5 Å². The van der Waals surface area contributed by atoms with Crippen LogP contribution in [-0.4, -0.2) is 76.8 Å². The number of halogens is 3. The molecule has 2 saturated heterocycles. The Bertz CT molecular complexity index is 1180. The van der Waals surface area contributed by atoms with Crippen molar-refractivity contribution in [1.29, 1.82) is 0 Å². The molecule has 0 spiro atoms. The van der Waals surface area contributed by atoms with E-state index in [9.17, 15) is 22.8 Å². The summed E-state index contributed by atoms with van der Waals surface area (Å²) in [4.78, 5) is 37.2. The fourth-order valence-corrected chi connectivity index (χ4v) is 5.06. The highest BCUT2D eigenvalue weighted by Crippen LogP contribution is 2.37. The third-order valence-corrected chi connectivity index (χ3v) is 6.81. The van der Waals surface area contributed by atoms with Gasteiger partial charge in [0.1, 0.15) is 16.6 Å². The summed E-state index contributed by atoms with van der Waals surface area (Å²) in [5.74, 6) is 0.0709. The molecule has 4 rings (SSSR count). The van der Waals surface area contributed by atoms with E-state index in [1.165, 1.54) is 18.5 Å². The molecular formula is C26H35F3N6O3. The van der Waals surface area contributed by atoms with Crippen LogP contribution >= 0.6 is 0 Å². The molecule has 3 atom stereocenters. The highest BCUT2D eigenvalue weighted by Gasteiger charge is 2.38. The zero-order chi connectivity index (χ0) is 27.8. The van der Waals surface area contributed by atoms with Crippen LogP contribution in [0.15, 0.2) is 24.5 Å². The summed E-state index contributed by atoms with van der Waals surface area (Å²) in [6.07, 6.45) is -1.61. The SMILES string of the molecule is CC(C(=O)N[C@@H]1C[C@H](C)CN(c2ccc(C(F)(F)F)c3nccnc23)C1)N1CC(NC(=O)OC(C)(C)C)C1. The third-order valence-electron chi connectivity index (χ3n) is 6.81. The number of amides is 2. The van der Waals surface area contributed by atoms with Crippen LogP contribution in [0.4, 0.5) is 23.7 Å². The van der Waals surface area contributed by atoms with Crippen molar-refractivity contribution in [2.24, 2.45) is 5.92 Å². The van der Waals surface area contributed by atoms with Crippen LogP contribution in [0.3, 0.4) is 0 Å². The number of benzene rings is 1. The Labute approximate surface area is 220 Å².